The number of aromatic nitrogens is 2. The highest BCUT2D eigenvalue weighted by Gasteiger charge is 2.22. The molecule has 0 spiro atoms. The van der Waals surface area contributed by atoms with Crippen LogP contribution in [0.15, 0.2) is 42.5 Å². The molecule has 0 atom stereocenters. The highest BCUT2D eigenvalue weighted by Crippen LogP contribution is 2.34. The van der Waals surface area contributed by atoms with E-state index in [0.717, 1.165) is 30.8 Å². The van der Waals surface area contributed by atoms with E-state index in [0.29, 0.717) is 11.5 Å². The zero-order valence-corrected chi connectivity index (χ0v) is 13.9. The van der Waals surface area contributed by atoms with E-state index in [9.17, 15) is 13.2 Å². The zero-order valence-electron chi connectivity index (χ0n) is 13.9. The van der Waals surface area contributed by atoms with E-state index in [1.54, 1.807) is 6.92 Å². The van der Waals surface area contributed by atoms with Gasteiger partial charge < -0.3 is 10.2 Å². The summed E-state index contributed by atoms with van der Waals surface area (Å²) in [6.45, 7) is 2.56. The molecule has 0 amide bonds. The first-order valence-corrected chi connectivity index (χ1v) is 8.14. The Morgan fingerprint density at radius 1 is 1.00 bits per heavy atom. The maximum Gasteiger partial charge on any atom is 0.229 e. The van der Waals surface area contributed by atoms with E-state index in [4.69, 9.17) is 0 Å². The van der Waals surface area contributed by atoms with Gasteiger partial charge in [0, 0.05) is 24.0 Å². The van der Waals surface area contributed by atoms with E-state index >= 15 is 0 Å². The molecule has 2 aromatic carbocycles. The lowest BCUT2D eigenvalue weighted by Crippen LogP contribution is -2.16. The summed E-state index contributed by atoms with van der Waals surface area (Å²) >= 11 is 0. The molecule has 0 saturated heterocycles. The van der Waals surface area contributed by atoms with Crippen molar-refractivity contribution in [2.24, 2.45) is 0 Å². The lowest BCUT2D eigenvalue weighted by Gasteiger charge is -2.19. The molecule has 1 N–H and O–H groups in total. The maximum absolute atomic E-state index is 13.9. The normalized spacial score (nSPS) is 13.0. The molecule has 0 radical (unpaired) electrons. The number of halogens is 3. The molecule has 4 nitrogen and oxygen atoms in total. The summed E-state index contributed by atoms with van der Waals surface area (Å²) in [6, 6.07) is 11.8. The first kappa shape index (κ1) is 16.4. The van der Waals surface area contributed by atoms with Gasteiger partial charge >= 0.3 is 0 Å². The minimum atomic E-state index is -1.53. The fourth-order valence-electron chi connectivity index (χ4n) is 3.07. The SMILES string of the molecule is Cc1cc(N2CCc3ccccc32)nc(Nc2ccc(F)c(F)c2F)n1. The molecule has 0 fully saturated rings. The van der Waals surface area contributed by atoms with Crippen molar-refractivity contribution in [3.05, 3.63) is 71.2 Å². The summed E-state index contributed by atoms with van der Waals surface area (Å²) in [5.74, 6) is -3.30. The van der Waals surface area contributed by atoms with Gasteiger partial charge in [0.2, 0.25) is 5.95 Å². The lowest BCUT2D eigenvalue weighted by molar-refractivity contribution is 0.449. The second kappa shape index (κ2) is 6.33. The monoisotopic (exact) mass is 356 g/mol. The molecule has 1 aliphatic heterocycles. The van der Waals surface area contributed by atoms with Crippen LogP contribution >= 0.6 is 0 Å². The van der Waals surface area contributed by atoms with Gasteiger partial charge in [0.15, 0.2) is 17.5 Å². The fraction of sp³-hybridized carbons (Fsp3) is 0.158. The van der Waals surface area contributed by atoms with E-state index in [1.165, 1.54) is 5.56 Å². The Hall–Kier alpha value is -3.09. The molecule has 0 unspecified atom stereocenters. The van der Waals surface area contributed by atoms with Crippen molar-refractivity contribution in [2.75, 3.05) is 16.8 Å². The third kappa shape index (κ3) is 2.85. The quantitative estimate of drug-likeness (QED) is 0.694. The molecule has 4 rings (SSSR count). The Morgan fingerprint density at radius 2 is 1.81 bits per heavy atom. The Bertz CT molecular complexity index is 991. The third-order valence-corrected chi connectivity index (χ3v) is 4.29. The average Bonchev–Trinajstić information content (AvgIpc) is 3.06. The van der Waals surface area contributed by atoms with Crippen LogP contribution in [0, 0.1) is 24.4 Å². The van der Waals surface area contributed by atoms with Crippen LogP contribution in [0.3, 0.4) is 0 Å². The first-order valence-electron chi connectivity index (χ1n) is 8.14. The van der Waals surface area contributed by atoms with Crippen LogP contribution in [-0.4, -0.2) is 16.5 Å². The predicted octanol–water partition coefficient (Wildman–Crippen LogP) is 4.64. The van der Waals surface area contributed by atoms with Crippen molar-refractivity contribution >= 4 is 23.1 Å². The van der Waals surface area contributed by atoms with Gasteiger partial charge in [-0.15, -0.1) is 0 Å². The molecule has 0 bridgehead atoms. The largest absolute Gasteiger partial charge is 0.326 e. The summed E-state index contributed by atoms with van der Waals surface area (Å²) in [4.78, 5) is 10.7. The minimum absolute atomic E-state index is 0.120. The molecule has 1 aromatic heterocycles. The van der Waals surface area contributed by atoms with Gasteiger partial charge in [-0.1, -0.05) is 18.2 Å². The van der Waals surface area contributed by atoms with Gasteiger partial charge in [-0.05, 0) is 37.1 Å². The van der Waals surface area contributed by atoms with Gasteiger partial charge in [0.25, 0.3) is 0 Å². The molecule has 2 heterocycles. The maximum atomic E-state index is 13.9. The topological polar surface area (TPSA) is 41.1 Å². The van der Waals surface area contributed by atoms with Crippen molar-refractivity contribution in [2.45, 2.75) is 13.3 Å². The molecule has 26 heavy (non-hydrogen) atoms. The Morgan fingerprint density at radius 3 is 2.65 bits per heavy atom. The molecule has 132 valence electrons. The van der Waals surface area contributed by atoms with E-state index in [1.807, 2.05) is 24.3 Å². The number of hydrogen-bond donors (Lipinski definition) is 1. The zero-order chi connectivity index (χ0) is 18.3. The van der Waals surface area contributed by atoms with Crippen molar-refractivity contribution in [1.29, 1.82) is 0 Å². The van der Waals surface area contributed by atoms with Gasteiger partial charge in [-0.2, -0.15) is 4.98 Å². The Balaban J connectivity index is 1.69. The first-order chi connectivity index (χ1) is 12.5. The molecule has 0 saturated carbocycles. The van der Waals surface area contributed by atoms with Crippen LogP contribution in [0.2, 0.25) is 0 Å². The molecular formula is C19H15F3N4. The lowest BCUT2D eigenvalue weighted by atomic mass is 10.2. The van der Waals surface area contributed by atoms with Gasteiger partial charge in [-0.25, -0.2) is 18.2 Å². The van der Waals surface area contributed by atoms with E-state index in [-0.39, 0.29) is 11.6 Å². The highest BCUT2D eigenvalue weighted by molar-refractivity contribution is 5.68. The number of anilines is 4. The highest BCUT2D eigenvalue weighted by atomic mass is 19.2. The number of rotatable bonds is 3. The van der Waals surface area contributed by atoms with Crippen molar-refractivity contribution in [1.82, 2.24) is 9.97 Å². The summed E-state index contributed by atoms with van der Waals surface area (Å²) in [5.41, 5.74) is 2.74. The number of benzene rings is 2. The van der Waals surface area contributed by atoms with Crippen molar-refractivity contribution in [3.63, 3.8) is 0 Å². The van der Waals surface area contributed by atoms with Crippen LogP contribution in [0.4, 0.5) is 36.3 Å². The smallest absolute Gasteiger partial charge is 0.229 e. The van der Waals surface area contributed by atoms with Gasteiger partial charge in [0.05, 0.1) is 5.69 Å². The summed E-state index contributed by atoms with van der Waals surface area (Å²) in [6.07, 6.45) is 0.903. The standard InChI is InChI=1S/C19H15F3N4/c1-11-10-16(26-9-8-12-4-2-3-5-15(12)26)25-19(23-11)24-14-7-6-13(20)17(21)18(14)22/h2-7,10H,8-9H2,1H3,(H,23,24,25). The number of hydrogen-bond acceptors (Lipinski definition) is 4. The number of nitrogens with one attached hydrogen (secondary N) is 1. The number of nitrogens with zero attached hydrogens (tertiary/aromatic N) is 3. The molecule has 3 aromatic rings. The van der Waals surface area contributed by atoms with Crippen LogP contribution in [0.5, 0.6) is 0 Å². The van der Waals surface area contributed by atoms with E-state index < -0.39 is 17.5 Å². The van der Waals surface area contributed by atoms with Crippen molar-refractivity contribution < 1.29 is 13.2 Å². The number of aryl methyl sites for hydroxylation is 1. The molecule has 1 aliphatic rings. The van der Waals surface area contributed by atoms with Crippen molar-refractivity contribution in [3.8, 4) is 0 Å². The minimum Gasteiger partial charge on any atom is -0.326 e. The van der Waals surface area contributed by atoms with Crippen LogP contribution in [0.1, 0.15) is 11.3 Å². The van der Waals surface area contributed by atoms with Gasteiger partial charge in [0.1, 0.15) is 5.82 Å². The summed E-state index contributed by atoms with van der Waals surface area (Å²) in [5, 5.41) is 2.64. The van der Waals surface area contributed by atoms with Gasteiger partial charge in [-0.3, -0.25) is 0 Å². The summed E-state index contributed by atoms with van der Waals surface area (Å²) < 4.78 is 40.4. The number of para-hydroxylation sites is 1. The molecule has 0 aliphatic carbocycles. The Kier molecular flexibility index (Phi) is 3.99. The second-order valence-corrected chi connectivity index (χ2v) is 6.07. The Labute approximate surface area is 148 Å². The molecular weight excluding hydrogens is 341 g/mol. The van der Waals surface area contributed by atoms with Crippen LogP contribution < -0.4 is 10.2 Å². The number of fused-ring (bicyclic) bond motifs is 1. The average molecular weight is 356 g/mol. The van der Waals surface area contributed by atoms with E-state index in [2.05, 4.69) is 26.3 Å². The third-order valence-electron chi connectivity index (χ3n) is 4.29. The fourth-order valence-corrected chi connectivity index (χ4v) is 3.07. The second-order valence-electron chi connectivity index (χ2n) is 6.07. The van der Waals surface area contributed by atoms with Crippen LogP contribution in [-0.2, 0) is 6.42 Å². The summed E-state index contributed by atoms with van der Waals surface area (Å²) in [7, 11) is 0. The molecule has 7 heteroatoms. The predicted molar refractivity (Wildman–Crippen MR) is 93.5 cm³/mol. The van der Waals surface area contributed by atoms with Crippen LogP contribution in [0.25, 0.3) is 0 Å².